The van der Waals surface area contributed by atoms with Crippen LogP contribution in [0.5, 0.6) is 5.88 Å². The maximum Gasteiger partial charge on any atom is 0.422 e. The smallest absolute Gasteiger partial charge is 0.422 e. The number of hydrogen-bond acceptors (Lipinski definition) is 3. The first kappa shape index (κ1) is 12.8. The van der Waals surface area contributed by atoms with E-state index in [0.717, 1.165) is 0 Å². The van der Waals surface area contributed by atoms with E-state index in [1.807, 2.05) is 6.92 Å². The van der Waals surface area contributed by atoms with E-state index < -0.39 is 12.8 Å². The molecular formula is C10H13F3N2O. The molecule has 0 aliphatic rings. The maximum atomic E-state index is 12.0. The van der Waals surface area contributed by atoms with E-state index >= 15 is 0 Å². The number of rotatable bonds is 4. The molecule has 1 N–H and O–H groups in total. The molecule has 0 aliphatic heterocycles. The Kier molecular flexibility index (Phi) is 4.12. The average Bonchev–Trinajstić information content (AvgIpc) is 2.25. The second-order valence-corrected chi connectivity index (χ2v) is 3.31. The van der Waals surface area contributed by atoms with Gasteiger partial charge < -0.3 is 10.1 Å². The summed E-state index contributed by atoms with van der Waals surface area (Å²) in [4.78, 5) is 3.79. The van der Waals surface area contributed by atoms with Gasteiger partial charge in [-0.2, -0.15) is 13.2 Å². The fourth-order valence-corrected chi connectivity index (χ4v) is 1.16. The molecule has 6 heteroatoms. The van der Waals surface area contributed by atoms with Gasteiger partial charge in [0.05, 0.1) is 0 Å². The molecule has 0 amide bonds. The zero-order valence-corrected chi connectivity index (χ0v) is 9.01. The molecule has 0 spiro atoms. The lowest BCUT2D eigenvalue weighted by molar-refractivity contribution is -0.154. The van der Waals surface area contributed by atoms with E-state index in [9.17, 15) is 13.2 Å². The second kappa shape index (κ2) is 5.16. The van der Waals surface area contributed by atoms with Gasteiger partial charge in [-0.05, 0) is 20.0 Å². The van der Waals surface area contributed by atoms with Gasteiger partial charge in [0.1, 0.15) is 0 Å². The number of alkyl halides is 3. The molecule has 1 rings (SSSR count). The monoisotopic (exact) mass is 234 g/mol. The number of halogens is 3. The van der Waals surface area contributed by atoms with Gasteiger partial charge in [0.25, 0.3) is 0 Å². The van der Waals surface area contributed by atoms with E-state index in [4.69, 9.17) is 0 Å². The summed E-state index contributed by atoms with van der Waals surface area (Å²) in [6.07, 6.45) is -2.95. The molecule has 0 aliphatic carbocycles. The fraction of sp³-hybridized carbons (Fsp3) is 0.500. The first-order valence-electron chi connectivity index (χ1n) is 4.76. The molecule has 0 saturated heterocycles. The normalized spacial score (nSPS) is 13.6. The quantitative estimate of drug-likeness (QED) is 0.868. The van der Waals surface area contributed by atoms with Crippen LogP contribution in [-0.4, -0.2) is 24.8 Å². The van der Waals surface area contributed by atoms with Crippen molar-refractivity contribution in [2.24, 2.45) is 0 Å². The standard InChI is InChI=1S/C10H13F3N2O/c1-7(14-2)8-4-3-5-15-9(8)16-6-10(11,12)13/h3-5,7,14H,6H2,1-2H3. The minimum Gasteiger partial charge on any atom is -0.468 e. The zero-order chi connectivity index (χ0) is 12.2. The summed E-state index contributed by atoms with van der Waals surface area (Å²) in [6.45, 7) is 0.491. The number of aromatic nitrogens is 1. The summed E-state index contributed by atoms with van der Waals surface area (Å²) < 4.78 is 40.6. The van der Waals surface area contributed by atoms with Crippen LogP contribution < -0.4 is 10.1 Å². The van der Waals surface area contributed by atoms with Crippen LogP contribution in [0, 0.1) is 0 Å². The van der Waals surface area contributed by atoms with E-state index in [2.05, 4.69) is 15.0 Å². The van der Waals surface area contributed by atoms with Crippen LogP contribution >= 0.6 is 0 Å². The van der Waals surface area contributed by atoms with Crippen molar-refractivity contribution in [3.8, 4) is 5.88 Å². The van der Waals surface area contributed by atoms with Crippen molar-refractivity contribution in [2.45, 2.75) is 19.1 Å². The lowest BCUT2D eigenvalue weighted by Crippen LogP contribution is -2.21. The Bertz CT molecular complexity index is 341. The van der Waals surface area contributed by atoms with E-state index in [0.29, 0.717) is 5.56 Å². The summed E-state index contributed by atoms with van der Waals surface area (Å²) in [5, 5.41) is 2.92. The van der Waals surface area contributed by atoms with Crippen LogP contribution in [0.15, 0.2) is 18.3 Å². The van der Waals surface area contributed by atoms with Crippen LogP contribution in [0.3, 0.4) is 0 Å². The van der Waals surface area contributed by atoms with E-state index in [1.54, 1.807) is 19.2 Å². The highest BCUT2D eigenvalue weighted by atomic mass is 19.4. The molecule has 0 saturated carbocycles. The molecule has 1 atom stereocenters. The van der Waals surface area contributed by atoms with Crippen molar-refractivity contribution in [1.82, 2.24) is 10.3 Å². The zero-order valence-electron chi connectivity index (χ0n) is 9.01. The topological polar surface area (TPSA) is 34.2 Å². The maximum absolute atomic E-state index is 12.0. The van der Waals surface area contributed by atoms with Gasteiger partial charge >= 0.3 is 6.18 Å². The Balaban J connectivity index is 2.79. The number of nitrogens with one attached hydrogen (secondary N) is 1. The molecule has 16 heavy (non-hydrogen) atoms. The second-order valence-electron chi connectivity index (χ2n) is 3.31. The van der Waals surface area contributed by atoms with Crippen molar-refractivity contribution in [1.29, 1.82) is 0 Å². The van der Waals surface area contributed by atoms with Gasteiger partial charge in [-0.3, -0.25) is 0 Å². The van der Waals surface area contributed by atoms with Crippen LogP contribution in [0.2, 0.25) is 0 Å². The molecule has 1 aromatic rings. The number of nitrogens with zero attached hydrogens (tertiary/aromatic N) is 1. The minimum atomic E-state index is -4.35. The van der Waals surface area contributed by atoms with Gasteiger partial charge in [0.15, 0.2) is 6.61 Å². The van der Waals surface area contributed by atoms with Crippen molar-refractivity contribution < 1.29 is 17.9 Å². The summed E-state index contributed by atoms with van der Waals surface area (Å²) >= 11 is 0. The van der Waals surface area contributed by atoms with Gasteiger partial charge in [0, 0.05) is 17.8 Å². The van der Waals surface area contributed by atoms with Crippen molar-refractivity contribution >= 4 is 0 Å². The lowest BCUT2D eigenvalue weighted by Gasteiger charge is -2.15. The van der Waals surface area contributed by atoms with E-state index in [1.165, 1.54) is 6.20 Å². The van der Waals surface area contributed by atoms with Crippen LogP contribution in [0.4, 0.5) is 13.2 Å². The number of hydrogen-bond donors (Lipinski definition) is 1. The van der Waals surface area contributed by atoms with Crippen molar-refractivity contribution in [3.05, 3.63) is 23.9 Å². The van der Waals surface area contributed by atoms with Crippen LogP contribution in [-0.2, 0) is 0 Å². The molecular weight excluding hydrogens is 221 g/mol. The number of ether oxygens (including phenoxy) is 1. The highest BCUT2D eigenvalue weighted by Crippen LogP contribution is 2.24. The molecule has 1 unspecified atom stereocenters. The molecule has 0 fully saturated rings. The summed E-state index contributed by atoms with van der Waals surface area (Å²) in [6, 6.07) is 3.22. The molecule has 90 valence electrons. The first-order chi connectivity index (χ1) is 7.44. The SMILES string of the molecule is CNC(C)c1cccnc1OCC(F)(F)F. The van der Waals surface area contributed by atoms with Crippen LogP contribution in [0.1, 0.15) is 18.5 Å². The molecule has 0 radical (unpaired) electrons. The molecule has 1 heterocycles. The molecule has 0 aromatic carbocycles. The lowest BCUT2D eigenvalue weighted by atomic mass is 10.1. The summed E-state index contributed by atoms with van der Waals surface area (Å²) in [5.41, 5.74) is 0.606. The van der Waals surface area contributed by atoms with Gasteiger partial charge in [-0.1, -0.05) is 6.07 Å². The summed E-state index contributed by atoms with van der Waals surface area (Å²) in [5.74, 6) is 0.0154. The third kappa shape index (κ3) is 3.69. The highest BCUT2D eigenvalue weighted by molar-refractivity contribution is 5.28. The number of pyridine rings is 1. The highest BCUT2D eigenvalue weighted by Gasteiger charge is 2.29. The first-order valence-corrected chi connectivity index (χ1v) is 4.76. The predicted molar refractivity (Wildman–Crippen MR) is 53.3 cm³/mol. The minimum absolute atomic E-state index is 0.0154. The Hall–Kier alpha value is -1.30. The Morgan fingerprint density at radius 3 is 2.75 bits per heavy atom. The van der Waals surface area contributed by atoms with Gasteiger partial charge in [-0.15, -0.1) is 0 Å². The largest absolute Gasteiger partial charge is 0.468 e. The average molecular weight is 234 g/mol. The van der Waals surface area contributed by atoms with E-state index in [-0.39, 0.29) is 11.9 Å². The third-order valence-electron chi connectivity index (χ3n) is 2.07. The molecule has 3 nitrogen and oxygen atoms in total. The van der Waals surface area contributed by atoms with Crippen molar-refractivity contribution in [3.63, 3.8) is 0 Å². The van der Waals surface area contributed by atoms with Gasteiger partial charge in [-0.25, -0.2) is 4.98 Å². The fourth-order valence-electron chi connectivity index (χ4n) is 1.16. The van der Waals surface area contributed by atoms with Crippen molar-refractivity contribution in [2.75, 3.05) is 13.7 Å². The Morgan fingerprint density at radius 1 is 1.50 bits per heavy atom. The molecule has 1 aromatic heterocycles. The molecule has 0 bridgehead atoms. The van der Waals surface area contributed by atoms with Crippen LogP contribution in [0.25, 0.3) is 0 Å². The van der Waals surface area contributed by atoms with Gasteiger partial charge in [0.2, 0.25) is 5.88 Å². The third-order valence-corrected chi connectivity index (χ3v) is 2.07. The summed E-state index contributed by atoms with van der Waals surface area (Å²) in [7, 11) is 1.71. The Labute approximate surface area is 91.6 Å². The Morgan fingerprint density at radius 2 is 2.19 bits per heavy atom. The predicted octanol–water partition coefficient (Wildman–Crippen LogP) is 2.30.